The van der Waals surface area contributed by atoms with Gasteiger partial charge in [0.05, 0.1) is 27.9 Å². The van der Waals surface area contributed by atoms with Crippen LogP contribution in [0.4, 0.5) is 5.00 Å². The van der Waals surface area contributed by atoms with Crippen molar-refractivity contribution in [3.8, 4) is 28.4 Å². The Labute approximate surface area is 210 Å². The third kappa shape index (κ3) is 5.78. The van der Waals surface area contributed by atoms with Gasteiger partial charge in [-0.2, -0.15) is 0 Å². The van der Waals surface area contributed by atoms with Crippen molar-refractivity contribution in [1.29, 1.82) is 0 Å². The molecule has 0 aliphatic rings. The standard InChI is InChI=1S/C25H24BrNO6S/c1-5-33-25(29)23-18(15-6-9-20(31-3)21(13-15)32-4)14-34-24(23)27-22(28)11-7-16-12-17(26)8-10-19(16)30-2/h6-14H,5H2,1-4H3,(H,27,28)/b11-7+. The molecule has 3 rings (SSSR count). The maximum absolute atomic E-state index is 12.8. The Bertz CT molecular complexity index is 1220. The summed E-state index contributed by atoms with van der Waals surface area (Å²) in [6.07, 6.45) is 3.03. The van der Waals surface area contributed by atoms with E-state index in [4.69, 9.17) is 18.9 Å². The number of methoxy groups -OCH3 is 3. The van der Waals surface area contributed by atoms with Gasteiger partial charge in [-0.15, -0.1) is 11.3 Å². The van der Waals surface area contributed by atoms with Crippen LogP contribution in [-0.2, 0) is 9.53 Å². The first kappa shape index (κ1) is 25.3. The lowest BCUT2D eigenvalue weighted by Gasteiger charge is -2.11. The molecule has 0 unspecified atom stereocenters. The lowest BCUT2D eigenvalue weighted by Crippen LogP contribution is -2.12. The van der Waals surface area contributed by atoms with E-state index in [1.807, 2.05) is 18.2 Å². The molecule has 0 saturated carbocycles. The highest BCUT2D eigenvalue weighted by atomic mass is 79.9. The largest absolute Gasteiger partial charge is 0.496 e. The molecule has 1 aromatic heterocycles. The van der Waals surface area contributed by atoms with Crippen molar-refractivity contribution in [2.75, 3.05) is 33.3 Å². The summed E-state index contributed by atoms with van der Waals surface area (Å²) in [5, 5.41) is 4.98. The van der Waals surface area contributed by atoms with Crippen molar-refractivity contribution in [3.63, 3.8) is 0 Å². The predicted octanol–water partition coefficient (Wildman–Crippen LogP) is 6.03. The first-order valence-electron chi connectivity index (χ1n) is 10.2. The fraction of sp³-hybridized carbons (Fsp3) is 0.200. The molecule has 3 aromatic rings. The average molecular weight is 546 g/mol. The summed E-state index contributed by atoms with van der Waals surface area (Å²) in [4.78, 5) is 25.5. The van der Waals surface area contributed by atoms with E-state index in [2.05, 4.69) is 21.2 Å². The van der Waals surface area contributed by atoms with Crippen LogP contribution in [-0.4, -0.2) is 39.8 Å². The summed E-state index contributed by atoms with van der Waals surface area (Å²) in [6, 6.07) is 10.8. The second kappa shape index (κ2) is 11.7. The van der Waals surface area contributed by atoms with Crippen molar-refractivity contribution in [3.05, 3.63) is 63.5 Å². The maximum atomic E-state index is 12.8. The lowest BCUT2D eigenvalue weighted by atomic mass is 10.0. The van der Waals surface area contributed by atoms with E-state index < -0.39 is 11.9 Å². The third-order valence-electron chi connectivity index (χ3n) is 4.81. The molecular formula is C25H24BrNO6S. The molecule has 1 N–H and O–H groups in total. The molecule has 0 fully saturated rings. The number of rotatable bonds is 9. The molecule has 34 heavy (non-hydrogen) atoms. The van der Waals surface area contributed by atoms with Gasteiger partial charge in [0.15, 0.2) is 11.5 Å². The zero-order chi connectivity index (χ0) is 24.7. The van der Waals surface area contributed by atoms with E-state index in [-0.39, 0.29) is 12.2 Å². The molecule has 0 atom stereocenters. The molecule has 1 amide bonds. The first-order valence-corrected chi connectivity index (χ1v) is 11.9. The average Bonchev–Trinajstić information content (AvgIpc) is 3.26. The quantitative estimate of drug-likeness (QED) is 0.261. The van der Waals surface area contributed by atoms with Crippen molar-refractivity contribution in [2.24, 2.45) is 0 Å². The van der Waals surface area contributed by atoms with Crippen LogP contribution < -0.4 is 19.5 Å². The molecule has 0 spiro atoms. The molecule has 0 radical (unpaired) electrons. The summed E-state index contributed by atoms with van der Waals surface area (Å²) in [5.74, 6) is 0.805. The van der Waals surface area contributed by atoms with Crippen LogP contribution >= 0.6 is 27.3 Å². The molecule has 0 saturated heterocycles. The molecule has 1 heterocycles. The number of esters is 1. The Morgan fingerprint density at radius 2 is 1.71 bits per heavy atom. The van der Waals surface area contributed by atoms with Crippen LogP contribution in [0, 0.1) is 0 Å². The van der Waals surface area contributed by atoms with Crippen LogP contribution in [0.15, 0.2) is 52.3 Å². The van der Waals surface area contributed by atoms with E-state index in [1.165, 1.54) is 17.4 Å². The maximum Gasteiger partial charge on any atom is 0.341 e. The van der Waals surface area contributed by atoms with Crippen LogP contribution in [0.3, 0.4) is 0 Å². The zero-order valence-corrected chi connectivity index (χ0v) is 21.5. The number of hydrogen-bond acceptors (Lipinski definition) is 7. The van der Waals surface area contributed by atoms with E-state index in [9.17, 15) is 9.59 Å². The number of benzene rings is 2. The van der Waals surface area contributed by atoms with Crippen LogP contribution in [0.25, 0.3) is 17.2 Å². The van der Waals surface area contributed by atoms with E-state index in [1.54, 1.807) is 57.9 Å². The molecular weight excluding hydrogens is 522 g/mol. The molecule has 178 valence electrons. The normalized spacial score (nSPS) is 10.7. The van der Waals surface area contributed by atoms with Crippen molar-refractivity contribution < 1.29 is 28.5 Å². The number of halogens is 1. The minimum absolute atomic E-state index is 0.204. The van der Waals surface area contributed by atoms with Gasteiger partial charge >= 0.3 is 5.97 Å². The Kier molecular flexibility index (Phi) is 8.72. The van der Waals surface area contributed by atoms with Gasteiger partial charge in [-0.3, -0.25) is 4.79 Å². The summed E-state index contributed by atoms with van der Waals surface area (Å²) in [5.41, 5.74) is 2.36. The predicted molar refractivity (Wildman–Crippen MR) is 137 cm³/mol. The number of nitrogens with one attached hydrogen (secondary N) is 1. The molecule has 0 bridgehead atoms. The summed E-state index contributed by atoms with van der Waals surface area (Å²) < 4.78 is 22.1. The Hall–Kier alpha value is -3.30. The fourth-order valence-corrected chi connectivity index (χ4v) is 4.57. The van der Waals surface area contributed by atoms with Crippen molar-refractivity contribution in [2.45, 2.75) is 6.92 Å². The first-order chi connectivity index (χ1) is 16.4. The highest BCUT2D eigenvalue weighted by Gasteiger charge is 2.23. The zero-order valence-electron chi connectivity index (χ0n) is 19.1. The van der Waals surface area contributed by atoms with Gasteiger partial charge in [0, 0.05) is 27.1 Å². The van der Waals surface area contributed by atoms with Crippen LogP contribution in [0.2, 0.25) is 0 Å². The van der Waals surface area contributed by atoms with E-state index in [0.29, 0.717) is 27.8 Å². The van der Waals surface area contributed by atoms with E-state index in [0.717, 1.165) is 15.6 Å². The third-order valence-corrected chi connectivity index (χ3v) is 6.20. The highest BCUT2D eigenvalue weighted by molar-refractivity contribution is 9.10. The second-order valence-electron chi connectivity index (χ2n) is 6.85. The minimum Gasteiger partial charge on any atom is -0.496 e. The molecule has 2 aromatic carbocycles. The number of carbonyl (C=O) groups is 2. The molecule has 7 nitrogen and oxygen atoms in total. The topological polar surface area (TPSA) is 83.1 Å². The SMILES string of the molecule is CCOC(=O)c1c(-c2ccc(OC)c(OC)c2)csc1NC(=O)/C=C/c1cc(Br)ccc1OC. The highest BCUT2D eigenvalue weighted by Crippen LogP contribution is 2.39. The number of thiophene rings is 1. The number of carbonyl (C=O) groups excluding carboxylic acids is 2. The monoisotopic (exact) mass is 545 g/mol. The Morgan fingerprint density at radius 3 is 2.38 bits per heavy atom. The molecule has 0 aliphatic heterocycles. The minimum atomic E-state index is -0.526. The number of ether oxygens (including phenoxy) is 4. The van der Waals surface area contributed by atoms with Gasteiger partial charge in [0.1, 0.15) is 16.3 Å². The van der Waals surface area contributed by atoms with Crippen molar-refractivity contribution >= 4 is 50.2 Å². The van der Waals surface area contributed by atoms with Crippen LogP contribution in [0.5, 0.6) is 17.2 Å². The van der Waals surface area contributed by atoms with Gasteiger partial charge in [-0.1, -0.05) is 22.0 Å². The van der Waals surface area contributed by atoms with Gasteiger partial charge in [0.2, 0.25) is 5.91 Å². The number of hydrogen-bond donors (Lipinski definition) is 1. The summed E-state index contributed by atoms with van der Waals surface area (Å²) in [6.45, 7) is 1.93. The molecule has 9 heteroatoms. The Balaban J connectivity index is 1.93. The van der Waals surface area contributed by atoms with Crippen LogP contribution in [0.1, 0.15) is 22.8 Å². The number of amides is 1. The smallest absolute Gasteiger partial charge is 0.341 e. The molecule has 0 aliphatic carbocycles. The van der Waals surface area contributed by atoms with E-state index >= 15 is 0 Å². The van der Waals surface area contributed by atoms with Gasteiger partial charge in [-0.25, -0.2) is 4.79 Å². The van der Waals surface area contributed by atoms with Crippen molar-refractivity contribution in [1.82, 2.24) is 0 Å². The summed E-state index contributed by atoms with van der Waals surface area (Å²) in [7, 11) is 4.66. The lowest BCUT2D eigenvalue weighted by molar-refractivity contribution is -0.111. The Morgan fingerprint density at radius 1 is 1.00 bits per heavy atom. The summed E-state index contributed by atoms with van der Waals surface area (Å²) >= 11 is 4.65. The second-order valence-corrected chi connectivity index (χ2v) is 8.65. The number of anilines is 1. The fourth-order valence-electron chi connectivity index (χ4n) is 3.23. The van der Waals surface area contributed by atoms with Gasteiger partial charge in [-0.05, 0) is 48.9 Å². The van der Waals surface area contributed by atoms with Gasteiger partial charge < -0.3 is 24.3 Å². The van der Waals surface area contributed by atoms with Gasteiger partial charge in [0.25, 0.3) is 0 Å².